The molecule has 0 unspecified atom stereocenters. The number of carbonyl (C=O) groups excluding carboxylic acids is 1. The Morgan fingerprint density at radius 1 is 0.881 bits per heavy atom. The molecule has 0 amide bonds. The Kier molecular flexibility index (Phi) is 9.26. The standard InChI is InChI=1S/C36H46O6/c1-24-8-7-18-36(4)34(42-36)33(37)32-30(23-40-21-26-9-13-28(38-5)14-10-26)35(3,19-17-24)25(2)20-31(32)41-22-27-11-15-29(39-6)16-12-27/h8-16,25,31,34H,7,17-23H2,1-6H3/t25-,31-,34+,35+,36+/m1/s1. The quantitative estimate of drug-likeness (QED) is 0.230. The first-order chi connectivity index (χ1) is 20.2. The van der Waals surface area contributed by atoms with Gasteiger partial charge < -0.3 is 23.7 Å². The zero-order valence-electron chi connectivity index (χ0n) is 26.0. The molecule has 2 bridgehead atoms. The summed E-state index contributed by atoms with van der Waals surface area (Å²) in [5.74, 6) is 2.00. The van der Waals surface area contributed by atoms with E-state index in [4.69, 9.17) is 23.7 Å². The summed E-state index contributed by atoms with van der Waals surface area (Å²) in [4.78, 5) is 14.4. The van der Waals surface area contributed by atoms with Crippen LogP contribution < -0.4 is 9.47 Å². The van der Waals surface area contributed by atoms with Crippen molar-refractivity contribution >= 4 is 5.78 Å². The summed E-state index contributed by atoms with van der Waals surface area (Å²) in [6, 6.07) is 15.8. The van der Waals surface area contributed by atoms with E-state index < -0.39 is 11.7 Å². The van der Waals surface area contributed by atoms with E-state index in [1.807, 2.05) is 48.5 Å². The molecular weight excluding hydrogens is 528 g/mol. The Bertz CT molecular complexity index is 1310. The van der Waals surface area contributed by atoms with Gasteiger partial charge in [0, 0.05) is 5.57 Å². The van der Waals surface area contributed by atoms with Crippen molar-refractivity contribution in [2.45, 2.75) is 90.8 Å². The van der Waals surface area contributed by atoms with Gasteiger partial charge in [0.05, 0.1) is 40.1 Å². The summed E-state index contributed by atoms with van der Waals surface area (Å²) in [6.45, 7) is 10.2. The Morgan fingerprint density at radius 3 is 2.12 bits per heavy atom. The van der Waals surface area contributed by atoms with Gasteiger partial charge in [-0.15, -0.1) is 0 Å². The summed E-state index contributed by atoms with van der Waals surface area (Å²) in [7, 11) is 3.33. The molecule has 0 saturated carbocycles. The van der Waals surface area contributed by atoms with E-state index in [0.717, 1.165) is 65.9 Å². The predicted molar refractivity (Wildman–Crippen MR) is 164 cm³/mol. The van der Waals surface area contributed by atoms with Crippen LogP contribution in [0.5, 0.6) is 11.5 Å². The van der Waals surface area contributed by atoms with Gasteiger partial charge in [-0.1, -0.05) is 49.8 Å². The Balaban J connectivity index is 1.49. The van der Waals surface area contributed by atoms with Crippen LogP contribution in [0.15, 0.2) is 71.3 Å². The van der Waals surface area contributed by atoms with Gasteiger partial charge in [0.1, 0.15) is 23.2 Å². The normalized spacial score (nSPS) is 29.6. The second kappa shape index (κ2) is 12.7. The lowest BCUT2D eigenvalue weighted by Crippen LogP contribution is -2.43. The van der Waals surface area contributed by atoms with Crippen molar-refractivity contribution in [3.63, 3.8) is 0 Å². The van der Waals surface area contributed by atoms with Crippen molar-refractivity contribution < 1.29 is 28.5 Å². The fourth-order valence-electron chi connectivity index (χ4n) is 6.57. The topological polar surface area (TPSA) is 66.5 Å². The van der Waals surface area contributed by atoms with Gasteiger partial charge in [-0.05, 0) is 98.2 Å². The third-order valence-corrected chi connectivity index (χ3v) is 9.84. The molecule has 5 rings (SSSR count). The lowest BCUT2D eigenvalue weighted by Gasteiger charge is -2.46. The van der Waals surface area contributed by atoms with E-state index in [0.29, 0.717) is 25.7 Å². The lowest BCUT2D eigenvalue weighted by atomic mass is 9.61. The Hall–Kier alpha value is -2.93. The minimum Gasteiger partial charge on any atom is -0.497 e. The molecule has 1 fully saturated rings. The molecule has 2 aromatic rings. The molecule has 6 nitrogen and oxygen atoms in total. The number of ether oxygens (including phenoxy) is 5. The van der Waals surface area contributed by atoms with Gasteiger partial charge in [-0.25, -0.2) is 0 Å². The average Bonchev–Trinajstić information content (AvgIpc) is 3.68. The van der Waals surface area contributed by atoms with E-state index in [-0.39, 0.29) is 17.3 Å². The number of allylic oxidation sites excluding steroid dienone is 2. The van der Waals surface area contributed by atoms with E-state index in [1.54, 1.807) is 14.2 Å². The number of benzene rings is 2. The third-order valence-electron chi connectivity index (χ3n) is 9.84. The van der Waals surface area contributed by atoms with Crippen LogP contribution in [-0.4, -0.2) is 44.4 Å². The first kappa shape index (κ1) is 30.5. The van der Waals surface area contributed by atoms with Gasteiger partial charge in [-0.2, -0.15) is 0 Å². The zero-order valence-corrected chi connectivity index (χ0v) is 26.0. The second-order valence-electron chi connectivity index (χ2n) is 12.7. The van der Waals surface area contributed by atoms with Gasteiger partial charge in [-0.3, -0.25) is 4.79 Å². The Labute approximate surface area is 251 Å². The summed E-state index contributed by atoms with van der Waals surface area (Å²) in [5, 5.41) is 0. The molecule has 226 valence electrons. The highest BCUT2D eigenvalue weighted by Gasteiger charge is 2.59. The number of ketones is 1. The van der Waals surface area contributed by atoms with Crippen LogP contribution in [-0.2, 0) is 32.2 Å². The molecule has 0 spiro atoms. The minimum absolute atomic E-state index is 0.0691. The number of epoxide rings is 1. The van der Waals surface area contributed by atoms with E-state index in [2.05, 4.69) is 33.8 Å². The monoisotopic (exact) mass is 574 g/mol. The third kappa shape index (κ3) is 6.51. The molecule has 1 heterocycles. The van der Waals surface area contributed by atoms with Crippen molar-refractivity contribution in [1.82, 2.24) is 0 Å². The highest BCUT2D eigenvalue weighted by molar-refractivity contribution is 6.03. The fourth-order valence-corrected chi connectivity index (χ4v) is 6.57. The zero-order chi connectivity index (χ0) is 29.9. The van der Waals surface area contributed by atoms with Crippen molar-refractivity contribution in [3.8, 4) is 11.5 Å². The SMILES string of the molecule is COc1ccc(COCC2=C3C(=O)[C@@H]4O[C@@]4(C)CCC=C(C)CC[C@@]2(C)[C@H](C)C[C@H]3OCc2ccc(OC)cc2)cc1. The van der Waals surface area contributed by atoms with E-state index in [1.165, 1.54) is 5.57 Å². The Morgan fingerprint density at radius 2 is 1.50 bits per heavy atom. The van der Waals surface area contributed by atoms with Gasteiger partial charge in [0.15, 0.2) is 5.78 Å². The molecule has 1 saturated heterocycles. The first-order valence-electron chi connectivity index (χ1n) is 15.2. The summed E-state index contributed by atoms with van der Waals surface area (Å²) < 4.78 is 29.8. The van der Waals surface area contributed by atoms with Gasteiger partial charge in [0.2, 0.25) is 0 Å². The van der Waals surface area contributed by atoms with Gasteiger partial charge in [0.25, 0.3) is 0 Å². The largest absolute Gasteiger partial charge is 0.497 e. The van der Waals surface area contributed by atoms with Crippen LogP contribution >= 0.6 is 0 Å². The van der Waals surface area contributed by atoms with Crippen molar-refractivity contribution in [3.05, 3.63) is 82.5 Å². The average molecular weight is 575 g/mol. The van der Waals surface area contributed by atoms with Gasteiger partial charge >= 0.3 is 0 Å². The molecule has 0 radical (unpaired) electrons. The molecule has 0 aromatic heterocycles. The molecule has 2 aromatic carbocycles. The molecular formula is C36H46O6. The predicted octanol–water partition coefficient (Wildman–Crippen LogP) is 7.40. The number of methoxy groups -OCH3 is 2. The summed E-state index contributed by atoms with van der Waals surface area (Å²) in [5.41, 5.74) is 4.71. The van der Waals surface area contributed by atoms with Crippen LogP contribution in [0.25, 0.3) is 0 Å². The minimum atomic E-state index is -0.443. The van der Waals surface area contributed by atoms with Crippen LogP contribution in [0.4, 0.5) is 0 Å². The first-order valence-corrected chi connectivity index (χ1v) is 15.2. The van der Waals surface area contributed by atoms with E-state index in [9.17, 15) is 4.79 Å². The number of hydrogen-bond donors (Lipinski definition) is 0. The highest BCUT2D eigenvalue weighted by Crippen LogP contribution is 2.52. The molecule has 42 heavy (non-hydrogen) atoms. The molecule has 5 atom stereocenters. The van der Waals surface area contributed by atoms with E-state index >= 15 is 0 Å². The number of rotatable bonds is 9. The molecule has 0 N–H and O–H groups in total. The van der Waals surface area contributed by atoms with Crippen LogP contribution in [0.1, 0.15) is 70.9 Å². The fraction of sp³-hybridized carbons (Fsp3) is 0.528. The molecule has 2 aliphatic carbocycles. The van der Waals surface area contributed by atoms with Crippen LogP contribution in [0, 0.1) is 11.3 Å². The summed E-state index contributed by atoms with van der Waals surface area (Å²) in [6.07, 6.45) is 6.05. The summed E-state index contributed by atoms with van der Waals surface area (Å²) >= 11 is 0. The lowest BCUT2D eigenvalue weighted by molar-refractivity contribution is -0.119. The number of hydrogen-bond acceptors (Lipinski definition) is 6. The maximum atomic E-state index is 14.4. The molecule has 1 aliphatic heterocycles. The van der Waals surface area contributed by atoms with Crippen molar-refractivity contribution in [2.24, 2.45) is 11.3 Å². The molecule has 6 heteroatoms. The van der Waals surface area contributed by atoms with Crippen molar-refractivity contribution in [2.75, 3.05) is 20.8 Å². The smallest absolute Gasteiger partial charge is 0.193 e. The maximum absolute atomic E-state index is 14.4. The number of Topliss-reactive ketones (excluding diaryl/α,β-unsaturated/α-hetero) is 1. The van der Waals surface area contributed by atoms with Crippen LogP contribution in [0.2, 0.25) is 0 Å². The van der Waals surface area contributed by atoms with Crippen LogP contribution in [0.3, 0.4) is 0 Å². The highest BCUT2D eigenvalue weighted by atomic mass is 16.6. The van der Waals surface area contributed by atoms with Crippen molar-refractivity contribution in [1.29, 1.82) is 0 Å². The number of carbonyl (C=O) groups is 1. The molecule has 3 aliphatic rings. The number of fused-ring (bicyclic) bond motifs is 2. The maximum Gasteiger partial charge on any atom is 0.193 e. The second-order valence-corrected chi connectivity index (χ2v) is 12.7.